The zero-order valence-electron chi connectivity index (χ0n) is 14.5. The molecule has 2 rings (SSSR count). The number of ether oxygens (including phenoxy) is 2. The number of carbonyl (C=O) groups excluding carboxylic acids is 2. The molecule has 1 N–H and O–H groups in total. The van der Waals surface area contributed by atoms with Crippen LogP contribution in [0.2, 0.25) is 0 Å². The van der Waals surface area contributed by atoms with Gasteiger partial charge < -0.3 is 14.8 Å². The van der Waals surface area contributed by atoms with Crippen molar-refractivity contribution in [3.63, 3.8) is 0 Å². The van der Waals surface area contributed by atoms with Crippen LogP contribution in [0.4, 0.5) is 14.5 Å². The van der Waals surface area contributed by atoms with Crippen LogP contribution in [0.5, 0.6) is 5.75 Å². The largest absolute Gasteiger partial charge is 0.479 e. The molecule has 8 heteroatoms. The van der Waals surface area contributed by atoms with Gasteiger partial charge in [-0.3, -0.25) is 4.79 Å². The van der Waals surface area contributed by atoms with Crippen molar-refractivity contribution >= 4 is 17.6 Å². The summed E-state index contributed by atoms with van der Waals surface area (Å²) in [5.41, 5.74) is -0.185. The quantitative estimate of drug-likeness (QED) is 0.785. The Morgan fingerprint density at radius 2 is 1.63 bits per heavy atom. The molecule has 140 valence electrons. The van der Waals surface area contributed by atoms with Crippen molar-refractivity contribution in [2.24, 2.45) is 0 Å². The van der Waals surface area contributed by atoms with Crippen LogP contribution in [0.15, 0.2) is 42.5 Å². The summed E-state index contributed by atoms with van der Waals surface area (Å²) in [6.45, 7) is 2.68. The Labute approximate surface area is 154 Å². The third kappa shape index (κ3) is 5.25. The summed E-state index contributed by atoms with van der Waals surface area (Å²) in [7, 11) is 0. The van der Waals surface area contributed by atoms with Crippen LogP contribution in [0.1, 0.15) is 19.4 Å². The topological polar surface area (TPSA) is 88.4 Å². The summed E-state index contributed by atoms with van der Waals surface area (Å²) in [4.78, 5) is 24.1. The standard InChI is InChI=1S/C19H16F2N2O4/c1-11(18(24)23-17-15(20)4-3-5-16(17)21)27-19(25)12(2)26-14-8-6-13(10-22)7-9-14/h3-9,11-12H,1-2H3,(H,23,24)/t11-,12+/m1/s1. The lowest BCUT2D eigenvalue weighted by atomic mass is 10.2. The summed E-state index contributed by atoms with van der Waals surface area (Å²) >= 11 is 0. The first kappa shape index (κ1) is 19.8. The first-order valence-corrected chi connectivity index (χ1v) is 7.94. The minimum Gasteiger partial charge on any atom is -0.479 e. The zero-order valence-corrected chi connectivity index (χ0v) is 14.5. The molecule has 0 saturated heterocycles. The molecule has 2 aromatic carbocycles. The molecule has 0 unspecified atom stereocenters. The molecule has 0 radical (unpaired) electrons. The van der Waals surface area contributed by atoms with Gasteiger partial charge in [-0.1, -0.05) is 6.07 Å². The molecule has 2 atom stereocenters. The first-order valence-electron chi connectivity index (χ1n) is 7.94. The van der Waals surface area contributed by atoms with E-state index in [1.54, 1.807) is 0 Å². The molecule has 6 nitrogen and oxygen atoms in total. The number of nitriles is 1. The third-order valence-electron chi connectivity index (χ3n) is 3.50. The van der Waals surface area contributed by atoms with Crippen LogP contribution in [0.3, 0.4) is 0 Å². The number of nitrogens with zero attached hydrogens (tertiary/aromatic N) is 1. The Bertz CT molecular complexity index is 858. The number of nitrogens with one attached hydrogen (secondary N) is 1. The number of halogens is 2. The van der Waals surface area contributed by atoms with Gasteiger partial charge in [-0.15, -0.1) is 0 Å². The maximum Gasteiger partial charge on any atom is 0.347 e. The van der Waals surface area contributed by atoms with Gasteiger partial charge in [0.25, 0.3) is 5.91 Å². The number of anilines is 1. The van der Waals surface area contributed by atoms with Gasteiger partial charge in [0.15, 0.2) is 12.2 Å². The fraction of sp³-hybridized carbons (Fsp3) is 0.211. The molecule has 0 saturated carbocycles. The van der Waals surface area contributed by atoms with Gasteiger partial charge in [0.2, 0.25) is 0 Å². The van der Waals surface area contributed by atoms with E-state index in [0.717, 1.165) is 18.2 Å². The lowest BCUT2D eigenvalue weighted by molar-refractivity contribution is -0.159. The average molecular weight is 374 g/mol. The van der Waals surface area contributed by atoms with Crippen molar-refractivity contribution in [1.29, 1.82) is 5.26 Å². The van der Waals surface area contributed by atoms with Crippen molar-refractivity contribution < 1.29 is 27.8 Å². The Morgan fingerprint density at radius 1 is 1.04 bits per heavy atom. The number of hydrogen-bond acceptors (Lipinski definition) is 5. The van der Waals surface area contributed by atoms with E-state index in [0.29, 0.717) is 11.3 Å². The van der Waals surface area contributed by atoms with Gasteiger partial charge in [0.05, 0.1) is 11.6 Å². The molecule has 0 aromatic heterocycles. The van der Waals surface area contributed by atoms with Gasteiger partial charge in [0, 0.05) is 0 Å². The molecule has 0 spiro atoms. The molecule has 0 aliphatic rings. The molecule has 2 aromatic rings. The molecule has 0 fully saturated rings. The Balaban J connectivity index is 1.93. The molecule has 0 bridgehead atoms. The van der Waals surface area contributed by atoms with Crippen molar-refractivity contribution in [2.45, 2.75) is 26.1 Å². The highest BCUT2D eigenvalue weighted by Crippen LogP contribution is 2.19. The van der Waals surface area contributed by atoms with E-state index in [9.17, 15) is 18.4 Å². The summed E-state index contributed by atoms with van der Waals surface area (Å²) in [5, 5.41) is 10.8. The van der Waals surface area contributed by atoms with Crippen molar-refractivity contribution in [2.75, 3.05) is 5.32 Å². The number of carbonyl (C=O) groups is 2. The predicted octanol–water partition coefficient (Wildman–Crippen LogP) is 3.17. The fourth-order valence-electron chi connectivity index (χ4n) is 2.03. The highest BCUT2D eigenvalue weighted by atomic mass is 19.1. The smallest absolute Gasteiger partial charge is 0.347 e. The molecule has 27 heavy (non-hydrogen) atoms. The van der Waals surface area contributed by atoms with Crippen LogP contribution in [0, 0.1) is 23.0 Å². The second kappa shape index (κ2) is 8.76. The molecule has 0 aliphatic heterocycles. The Hall–Kier alpha value is -3.47. The average Bonchev–Trinajstić information content (AvgIpc) is 2.65. The second-order valence-corrected chi connectivity index (χ2v) is 5.56. The first-order chi connectivity index (χ1) is 12.8. The van der Waals surface area contributed by atoms with E-state index in [4.69, 9.17) is 14.7 Å². The van der Waals surface area contributed by atoms with Crippen molar-refractivity contribution in [3.05, 3.63) is 59.7 Å². The molecule has 0 aliphatic carbocycles. The van der Waals surface area contributed by atoms with E-state index >= 15 is 0 Å². The maximum absolute atomic E-state index is 13.6. The highest BCUT2D eigenvalue weighted by molar-refractivity contribution is 5.95. The van der Waals surface area contributed by atoms with Gasteiger partial charge in [0.1, 0.15) is 23.1 Å². The summed E-state index contributed by atoms with van der Waals surface area (Å²) in [5.74, 6) is -3.28. The number of esters is 1. The van der Waals surface area contributed by atoms with Gasteiger partial charge in [-0.25, -0.2) is 13.6 Å². The van der Waals surface area contributed by atoms with Gasteiger partial charge in [-0.05, 0) is 50.2 Å². The third-order valence-corrected chi connectivity index (χ3v) is 3.50. The SMILES string of the molecule is C[C@H](Oc1ccc(C#N)cc1)C(=O)O[C@H](C)C(=O)Nc1c(F)cccc1F. The lowest BCUT2D eigenvalue weighted by Crippen LogP contribution is -2.35. The maximum atomic E-state index is 13.6. The van der Waals surface area contributed by atoms with E-state index in [-0.39, 0.29) is 0 Å². The van der Waals surface area contributed by atoms with Crippen LogP contribution < -0.4 is 10.1 Å². The predicted molar refractivity (Wildman–Crippen MR) is 91.8 cm³/mol. The molecule has 1 amide bonds. The van der Waals surface area contributed by atoms with Crippen LogP contribution in [0.25, 0.3) is 0 Å². The van der Waals surface area contributed by atoms with E-state index < -0.39 is 41.4 Å². The summed E-state index contributed by atoms with van der Waals surface area (Å²) < 4.78 is 37.5. The number of amides is 1. The van der Waals surface area contributed by atoms with Crippen LogP contribution in [-0.2, 0) is 14.3 Å². The molecular formula is C19H16F2N2O4. The van der Waals surface area contributed by atoms with E-state index in [1.807, 2.05) is 11.4 Å². The minimum absolute atomic E-state index is 0.337. The lowest BCUT2D eigenvalue weighted by Gasteiger charge is -2.18. The van der Waals surface area contributed by atoms with Crippen LogP contribution >= 0.6 is 0 Å². The van der Waals surface area contributed by atoms with Crippen molar-refractivity contribution in [1.82, 2.24) is 0 Å². The molecular weight excluding hydrogens is 358 g/mol. The van der Waals surface area contributed by atoms with Crippen molar-refractivity contribution in [3.8, 4) is 11.8 Å². The number of rotatable bonds is 6. The minimum atomic E-state index is -1.30. The normalized spacial score (nSPS) is 12.4. The van der Waals surface area contributed by atoms with Gasteiger partial charge >= 0.3 is 5.97 Å². The van der Waals surface area contributed by atoms with E-state index in [1.165, 1.54) is 38.1 Å². The van der Waals surface area contributed by atoms with Gasteiger partial charge in [-0.2, -0.15) is 5.26 Å². The van der Waals surface area contributed by atoms with E-state index in [2.05, 4.69) is 0 Å². The second-order valence-electron chi connectivity index (χ2n) is 5.56. The molecule has 0 heterocycles. The highest BCUT2D eigenvalue weighted by Gasteiger charge is 2.24. The fourth-order valence-corrected chi connectivity index (χ4v) is 2.03. The zero-order chi connectivity index (χ0) is 20.0. The Kier molecular flexibility index (Phi) is 6.44. The number of hydrogen-bond donors (Lipinski definition) is 1. The summed E-state index contributed by atoms with van der Waals surface area (Å²) in [6, 6.07) is 11.2. The number of para-hydroxylation sites is 1. The van der Waals surface area contributed by atoms with Crippen LogP contribution in [-0.4, -0.2) is 24.1 Å². The summed E-state index contributed by atoms with van der Waals surface area (Å²) in [6.07, 6.45) is -2.35. The Morgan fingerprint density at radius 3 is 2.19 bits per heavy atom. The number of benzene rings is 2. The monoisotopic (exact) mass is 374 g/mol.